The lowest BCUT2D eigenvalue weighted by molar-refractivity contribution is -0.116. The van der Waals surface area contributed by atoms with E-state index in [1.165, 1.54) is 12.3 Å². The van der Waals surface area contributed by atoms with Crippen molar-refractivity contribution < 1.29 is 14.7 Å². The summed E-state index contributed by atoms with van der Waals surface area (Å²) in [7, 11) is 3.92. The molecule has 6 nitrogen and oxygen atoms in total. The Hall–Kier alpha value is -2.47. The van der Waals surface area contributed by atoms with Gasteiger partial charge in [0.05, 0.1) is 16.8 Å². The molecule has 0 fully saturated rings. The van der Waals surface area contributed by atoms with E-state index in [9.17, 15) is 14.7 Å². The number of anilines is 1. The molecule has 0 radical (unpaired) electrons. The third-order valence-corrected chi connectivity index (χ3v) is 3.28. The Balaban J connectivity index is 2.20. The summed E-state index contributed by atoms with van der Waals surface area (Å²) < 4.78 is 0. The second-order valence-corrected chi connectivity index (χ2v) is 5.32. The van der Waals surface area contributed by atoms with Gasteiger partial charge in [0.15, 0.2) is 0 Å². The Morgan fingerprint density at radius 1 is 1.27 bits per heavy atom. The van der Waals surface area contributed by atoms with E-state index in [0.717, 1.165) is 13.0 Å². The molecule has 0 saturated carbocycles. The van der Waals surface area contributed by atoms with Crippen LogP contribution in [-0.4, -0.2) is 47.5 Å². The molecule has 1 heterocycles. The second kappa shape index (κ2) is 7.00. The fraction of sp³-hybridized carbons (Fsp3) is 0.312. The first-order valence-corrected chi connectivity index (χ1v) is 7.04. The van der Waals surface area contributed by atoms with E-state index in [1.54, 1.807) is 18.2 Å². The summed E-state index contributed by atoms with van der Waals surface area (Å²) in [5, 5.41) is 12.5. The highest BCUT2D eigenvalue weighted by molar-refractivity contribution is 6.07. The number of hydrogen-bond donors (Lipinski definition) is 2. The number of fused-ring (bicyclic) bond motifs is 1. The van der Waals surface area contributed by atoms with Crippen LogP contribution < -0.4 is 5.32 Å². The van der Waals surface area contributed by atoms with Gasteiger partial charge in [-0.05, 0) is 39.2 Å². The van der Waals surface area contributed by atoms with Crippen molar-refractivity contribution in [1.82, 2.24) is 9.88 Å². The van der Waals surface area contributed by atoms with Crippen LogP contribution in [0.4, 0.5) is 5.69 Å². The zero-order valence-electron chi connectivity index (χ0n) is 12.7. The molecule has 2 N–H and O–H groups in total. The van der Waals surface area contributed by atoms with Gasteiger partial charge in [-0.25, -0.2) is 4.79 Å². The molecule has 6 heteroatoms. The number of carboxylic acid groups (broad SMARTS) is 1. The highest BCUT2D eigenvalue weighted by atomic mass is 16.4. The summed E-state index contributed by atoms with van der Waals surface area (Å²) in [6.45, 7) is 0.838. The third-order valence-electron chi connectivity index (χ3n) is 3.28. The van der Waals surface area contributed by atoms with E-state index in [0.29, 0.717) is 23.0 Å². The van der Waals surface area contributed by atoms with Gasteiger partial charge in [-0.3, -0.25) is 9.78 Å². The second-order valence-electron chi connectivity index (χ2n) is 5.32. The minimum absolute atomic E-state index is 0.100. The van der Waals surface area contributed by atoms with Gasteiger partial charge in [-0.1, -0.05) is 12.1 Å². The van der Waals surface area contributed by atoms with E-state index in [1.807, 2.05) is 19.0 Å². The van der Waals surface area contributed by atoms with Crippen molar-refractivity contribution in [1.29, 1.82) is 0 Å². The average Bonchev–Trinajstić information content (AvgIpc) is 2.46. The summed E-state index contributed by atoms with van der Waals surface area (Å²) in [6.07, 6.45) is 2.61. The number of carbonyl (C=O) groups excluding carboxylic acids is 1. The summed E-state index contributed by atoms with van der Waals surface area (Å²) in [5.74, 6) is -1.11. The molecular formula is C16H19N3O3. The molecule has 0 unspecified atom stereocenters. The first-order chi connectivity index (χ1) is 10.5. The molecule has 0 spiro atoms. The third kappa shape index (κ3) is 3.79. The van der Waals surface area contributed by atoms with Gasteiger partial charge in [0.1, 0.15) is 0 Å². The normalized spacial score (nSPS) is 10.9. The molecule has 0 aliphatic carbocycles. The van der Waals surface area contributed by atoms with Crippen LogP contribution in [0.25, 0.3) is 10.9 Å². The quantitative estimate of drug-likeness (QED) is 0.855. The first kappa shape index (κ1) is 15.9. The molecule has 0 bridgehead atoms. The van der Waals surface area contributed by atoms with Gasteiger partial charge in [0.25, 0.3) is 0 Å². The summed E-state index contributed by atoms with van der Waals surface area (Å²) >= 11 is 0. The molecule has 1 aromatic heterocycles. The monoisotopic (exact) mass is 301 g/mol. The van der Waals surface area contributed by atoms with Crippen LogP contribution in [0, 0.1) is 0 Å². The lowest BCUT2D eigenvalue weighted by atomic mass is 10.1. The number of aromatic nitrogens is 1. The van der Waals surface area contributed by atoms with Crippen LogP contribution in [0.1, 0.15) is 23.2 Å². The Labute approximate surface area is 128 Å². The predicted molar refractivity (Wildman–Crippen MR) is 85.1 cm³/mol. The fourth-order valence-corrected chi connectivity index (χ4v) is 2.23. The zero-order valence-corrected chi connectivity index (χ0v) is 12.7. The van der Waals surface area contributed by atoms with Crippen molar-refractivity contribution in [2.45, 2.75) is 12.8 Å². The first-order valence-electron chi connectivity index (χ1n) is 7.04. The Morgan fingerprint density at radius 3 is 2.73 bits per heavy atom. The molecule has 1 aromatic carbocycles. The highest BCUT2D eigenvalue weighted by Gasteiger charge is 2.12. The van der Waals surface area contributed by atoms with Crippen molar-refractivity contribution in [3.63, 3.8) is 0 Å². The largest absolute Gasteiger partial charge is 0.478 e. The number of pyridine rings is 1. The van der Waals surface area contributed by atoms with Crippen LogP contribution in [-0.2, 0) is 4.79 Å². The van der Waals surface area contributed by atoms with Crippen molar-refractivity contribution in [3.8, 4) is 0 Å². The minimum Gasteiger partial charge on any atom is -0.478 e. The van der Waals surface area contributed by atoms with E-state index in [4.69, 9.17) is 0 Å². The van der Waals surface area contributed by atoms with Gasteiger partial charge in [-0.2, -0.15) is 0 Å². The number of carbonyl (C=O) groups is 2. The van der Waals surface area contributed by atoms with E-state index in [2.05, 4.69) is 10.3 Å². The van der Waals surface area contributed by atoms with Crippen LogP contribution in [0.3, 0.4) is 0 Å². The van der Waals surface area contributed by atoms with Crippen LogP contribution in [0.15, 0.2) is 30.5 Å². The number of hydrogen-bond acceptors (Lipinski definition) is 4. The molecular weight excluding hydrogens is 282 g/mol. The van der Waals surface area contributed by atoms with Crippen molar-refractivity contribution >= 4 is 28.5 Å². The average molecular weight is 301 g/mol. The predicted octanol–water partition coefficient (Wildman–Crippen LogP) is 2.21. The van der Waals surface area contributed by atoms with Gasteiger partial charge >= 0.3 is 5.97 Å². The molecule has 1 amide bonds. The SMILES string of the molecule is CN(C)CCCC(=O)Nc1cccc2c(C(=O)O)ccnc12. The molecule has 0 atom stereocenters. The molecule has 116 valence electrons. The van der Waals surface area contributed by atoms with Gasteiger partial charge in [0, 0.05) is 18.0 Å². The maximum Gasteiger partial charge on any atom is 0.336 e. The summed E-state index contributed by atoms with van der Waals surface area (Å²) in [5.41, 5.74) is 1.20. The lowest BCUT2D eigenvalue weighted by Crippen LogP contribution is -2.17. The van der Waals surface area contributed by atoms with Crippen LogP contribution in [0.5, 0.6) is 0 Å². The van der Waals surface area contributed by atoms with Gasteiger partial charge in [0.2, 0.25) is 5.91 Å². The number of nitrogens with one attached hydrogen (secondary N) is 1. The number of para-hydroxylation sites is 1. The van der Waals surface area contributed by atoms with Crippen molar-refractivity contribution in [2.75, 3.05) is 26.0 Å². The lowest BCUT2D eigenvalue weighted by Gasteiger charge is -2.11. The number of carboxylic acids is 1. The van der Waals surface area contributed by atoms with Gasteiger partial charge < -0.3 is 15.3 Å². The summed E-state index contributed by atoms with van der Waals surface area (Å²) in [6, 6.07) is 6.58. The number of aromatic carboxylic acids is 1. The molecule has 0 aliphatic heterocycles. The molecule has 0 aliphatic rings. The van der Waals surface area contributed by atoms with E-state index in [-0.39, 0.29) is 11.5 Å². The van der Waals surface area contributed by atoms with Gasteiger partial charge in [-0.15, -0.1) is 0 Å². The number of amides is 1. The van der Waals surface area contributed by atoms with E-state index < -0.39 is 5.97 Å². The molecule has 0 saturated heterocycles. The molecule has 2 rings (SSSR count). The Kier molecular flexibility index (Phi) is 5.06. The maximum absolute atomic E-state index is 12.0. The molecule has 22 heavy (non-hydrogen) atoms. The van der Waals surface area contributed by atoms with E-state index >= 15 is 0 Å². The fourth-order valence-electron chi connectivity index (χ4n) is 2.23. The van der Waals surface area contributed by atoms with Crippen LogP contribution >= 0.6 is 0 Å². The number of rotatable bonds is 6. The smallest absolute Gasteiger partial charge is 0.336 e. The minimum atomic E-state index is -1.01. The Morgan fingerprint density at radius 2 is 2.05 bits per heavy atom. The van der Waals surface area contributed by atoms with Crippen molar-refractivity contribution in [2.24, 2.45) is 0 Å². The zero-order chi connectivity index (χ0) is 16.1. The highest BCUT2D eigenvalue weighted by Crippen LogP contribution is 2.24. The molecule has 2 aromatic rings. The number of benzene rings is 1. The topological polar surface area (TPSA) is 82.5 Å². The van der Waals surface area contributed by atoms with Crippen LogP contribution in [0.2, 0.25) is 0 Å². The number of nitrogens with zero attached hydrogens (tertiary/aromatic N) is 2. The Bertz CT molecular complexity index is 698. The maximum atomic E-state index is 12.0. The summed E-state index contributed by atoms with van der Waals surface area (Å²) in [4.78, 5) is 29.4. The van der Waals surface area contributed by atoms with Crippen molar-refractivity contribution in [3.05, 3.63) is 36.0 Å². The standard InChI is InChI=1S/C16H19N3O3/c1-19(2)10-4-7-14(20)18-13-6-3-5-11-12(16(21)22)8-9-17-15(11)13/h3,5-6,8-9H,4,7,10H2,1-2H3,(H,18,20)(H,21,22).